The highest BCUT2D eigenvalue weighted by molar-refractivity contribution is 9.11. The molecule has 5 aromatic rings. The molecule has 35 heavy (non-hydrogen) atoms. The van der Waals surface area contributed by atoms with Crippen molar-refractivity contribution in [1.29, 1.82) is 0 Å². The van der Waals surface area contributed by atoms with Gasteiger partial charge < -0.3 is 14.8 Å². The van der Waals surface area contributed by atoms with Gasteiger partial charge in [-0.15, -0.1) is 0 Å². The standard InChI is InChI=1S/C30H23Br2NO2/c31-28-17-21(19-33-24-13-15-26(16-14-24)35-25-10-2-1-3-11-25)18-29(32)30(28)34-20-23-9-6-8-22-7-4-5-12-27(22)23/h1-18,33H,19-20H2. The molecule has 0 unspecified atom stereocenters. The number of hydrogen-bond donors (Lipinski definition) is 1. The van der Waals surface area contributed by atoms with Crippen LogP contribution in [0.3, 0.4) is 0 Å². The van der Waals surface area contributed by atoms with Crippen molar-refractivity contribution in [2.45, 2.75) is 13.2 Å². The first-order valence-electron chi connectivity index (χ1n) is 11.3. The zero-order valence-corrected chi connectivity index (χ0v) is 22.1. The highest BCUT2D eigenvalue weighted by atomic mass is 79.9. The van der Waals surface area contributed by atoms with Gasteiger partial charge in [0.25, 0.3) is 0 Å². The number of anilines is 1. The molecule has 0 heterocycles. The molecule has 0 saturated carbocycles. The zero-order valence-electron chi connectivity index (χ0n) is 18.9. The molecule has 5 rings (SSSR count). The molecule has 0 aliphatic carbocycles. The smallest absolute Gasteiger partial charge is 0.148 e. The molecule has 5 heteroatoms. The van der Waals surface area contributed by atoms with E-state index in [2.05, 4.69) is 91.8 Å². The Balaban J connectivity index is 1.21. The molecule has 3 nitrogen and oxygen atoms in total. The molecule has 0 fully saturated rings. The van der Waals surface area contributed by atoms with Crippen LogP contribution in [0.15, 0.2) is 118 Å². The molecule has 174 valence electrons. The van der Waals surface area contributed by atoms with Gasteiger partial charge in [0.2, 0.25) is 0 Å². The normalized spacial score (nSPS) is 10.8. The molecule has 0 atom stereocenters. The number of fused-ring (bicyclic) bond motifs is 1. The van der Waals surface area contributed by atoms with Gasteiger partial charge >= 0.3 is 0 Å². The van der Waals surface area contributed by atoms with E-state index in [4.69, 9.17) is 9.47 Å². The first-order valence-corrected chi connectivity index (χ1v) is 12.9. The van der Waals surface area contributed by atoms with E-state index in [1.807, 2.05) is 54.6 Å². The van der Waals surface area contributed by atoms with Gasteiger partial charge in [0, 0.05) is 12.2 Å². The number of hydrogen-bond acceptors (Lipinski definition) is 3. The summed E-state index contributed by atoms with van der Waals surface area (Å²) in [5.41, 5.74) is 3.31. The summed E-state index contributed by atoms with van der Waals surface area (Å²) in [6.07, 6.45) is 0. The van der Waals surface area contributed by atoms with E-state index in [1.165, 1.54) is 10.8 Å². The van der Waals surface area contributed by atoms with Crippen LogP contribution in [0, 0.1) is 0 Å². The van der Waals surface area contributed by atoms with Gasteiger partial charge in [-0.05, 0) is 102 Å². The lowest BCUT2D eigenvalue weighted by atomic mass is 10.1. The van der Waals surface area contributed by atoms with Crippen LogP contribution >= 0.6 is 31.9 Å². The summed E-state index contributed by atoms with van der Waals surface area (Å²) < 4.78 is 13.9. The first kappa shape index (κ1) is 23.5. The van der Waals surface area contributed by atoms with Crippen LogP contribution in [0.25, 0.3) is 10.8 Å². The SMILES string of the molecule is Brc1cc(CNc2ccc(Oc3ccccc3)cc2)cc(Br)c1OCc1cccc2ccccc12. The van der Waals surface area contributed by atoms with Gasteiger partial charge in [0.1, 0.15) is 23.9 Å². The fraction of sp³-hybridized carbons (Fsp3) is 0.0667. The highest BCUT2D eigenvalue weighted by Crippen LogP contribution is 2.36. The molecular weight excluding hydrogens is 566 g/mol. The van der Waals surface area contributed by atoms with Crippen LogP contribution in [0.5, 0.6) is 17.2 Å². The Labute approximate surface area is 222 Å². The largest absolute Gasteiger partial charge is 0.487 e. The van der Waals surface area contributed by atoms with E-state index < -0.39 is 0 Å². The van der Waals surface area contributed by atoms with Crippen molar-refractivity contribution in [3.8, 4) is 17.2 Å². The minimum atomic E-state index is 0.494. The van der Waals surface area contributed by atoms with E-state index in [9.17, 15) is 0 Å². The van der Waals surface area contributed by atoms with E-state index in [-0.39, 0.29) is 0 Å². The van der Waals surface area contributed by atoms with E-state index in [0.29, 0.717) is 13.2 Å². The van der Waals surface area contributed by atoms with Gasteiger partial charge in [-0.3, -0.25) is 0 Å². The predicted molar refractivity (Wildman–Crippen MR) is 150 cm³/mol. The molecule has 0 aliphatic heterocycles. The Bertz CT molecular complexity index is 1410. The summed E-state index contributed by atoms with van der Waals surface area (Å²) in [5, 5.41) is 5.89. The number of nitrogens with one attached hydrogen (secondary N) is 1. The fourth-order valence-corrected chi connectivity index (χ4v) is 5.40. The molecule has 0 aromatic heterocycles. The van der Waals surface area contributed by atoms with Crippen molar-refractivity contribution in [3.63, 3.8) is 0 Å². The molecule has 1 N–H and O–H groups in total. The lowest BCUT2D eigenvalue weighted by Crippen LogP contribution is -2.02. The summed E-state index contributed by atoms with van der Waals surface area (Å²) in [7, 11) is 0. The number of para-hydroxylation sites is 1. The Morgan fingerprint density at radius 1 is 0.657 bits per heavy atom. The van der Waals surface area contributed by atoms with Gasteiger partial charge in [0.15, 0.2) is 0 Å². The quantitative estimate of drug-likeness (QED) is 0.196. The number of rotatable bonds is 8. The van der Waals surface area contributed by atoms with Crippen LogP contribution in [-0.4, -0.2) is 0 Å². The molecule has 0 amide bonds. The minimum absolute atomic E-state index is 0.494. The maximum atomic E-state index is 6.21. The topological polar surface area (TPSA) is 30.5 Å². The summed E-state index contributed by atoms with van der Waals surface area (Å²) >= 11 is 7.38. The van der Waals surface area contributed by atoms with Crippen molar-refractivity contribution in [3.05, 3.63) is 129 Å². The molecule has 0 bridgehead atoms. The second-order valence-electron chi connectivity index (χ2n) is 8.11. The third-order valence-electron chi connectivity index (χ3n) is 5.64. The lowest BCUT2D eigenvalue weighted by Gasteiger charge is -2.14. The van der Waals surface area contributed by atoms with Crippen LogP contribution in [0.4, 0.5) is 5.69 Å². The third-order valence-corrected chi connectivity index (χ3v) is 6.82. The Morgan fingerprint density at radius 3 is 2.09 bits per heavy atom. The maximum Gasteiger partial charge on any atom is 0.148 e. The van der Waals surface area contributed by atoms with Crippen molar-refractivity contribution >= 4 is 48.3 Å². The van der Waals surface area contributed by atoms with Crippen molar-refractivity contribution < 1.29 is 9.47 Å². The minimum Gasteiger partial charge on any atom is -0.487 e. The molecule has 0 saturated heterocycles. The fourth-order valence-electron chi connectivity index (χ4n) is 3.89. The Hall–Kier alpha value is -3.28. The Kier molecular flexibility index (Phi) is 7.36. The van der Waals surface area contributed by atoms with Crippen molar-refractivity contribution in [2.24, 2.45) is 0 Å². The van der Waals surface area contributed by atoms with E-state index in [0.717, 1.165) is 43.0 Å². The van der Waals surface area contributed by atoms with Gasteiger partial charge in [-0.25, -0.2) is 0 Å². The predicted octanol–water partition coefficient (Wildman–Crippen LogP) is 9.35. The first-order chi connectivity index (χ1) is 17.2. The molecule has 0 radical (unpaired) electrons. The van der Waals surface area contributed by atoms with Crippen LogP contribution < -0.4 is 14.8 Å². The lowest BCUT2D eigenvalue weighted by molar-refractivity contribution is 0.303. The van der Waals surface area contributed by atoms with Crippen LogP contribution in [0.1, 0.15) is 11.1 Å². The molecule has 5 aromatic carbocycles. The van der Waals surface area contributed by atoms with Crippen molar-refractivity contribution in [2.75, 3.05) is 5.32 Å². The average Bonchev–Trinajstić information content (AvgIpc) is 2.88. The maximum absolute atomic E-state index is 6.21. The van der Waals surface area contributed by atoms with Gasteiger partial charge in [-0.1, -0.05) is 60.7 Å². The molecule has 0 spiro atoms. The Morgan fingerprint density at radius 2 is 1.31 bits per heavy atom. The third kappa shape index (κ3) is 5.87. The van der Waals surface area contributed by atoms with Crippen LogP contribution in [0.2, 0.25) is 0 Å². The molecule has 0 aliphatic rings. The van der Waals surface area contributed by atoms with Gasteiger partial charge in [-0.2, -0.15) is 0 Å². The average molecular weight is 589 g/mol. The second kappa shape index (κ2) is 11.0. The van der Waals surface area contributed by atoms with Crippen molar-refractivity contribution in [1.82, 2.24) is 0 Å². The van der Waals surface area contributed by atoms with Crippen LogP contribution in [-0.2, 0) is 13.2 Å². The number of benzene rings is 5. The van der Waals surface area contributed by atoms with Gasteiger partial charge in [0.05, 0.1) is 8.95 Å². The van der Waals surface area contributed by atoms with E-state index in [1.54, 1.807) is 0 Å². The number of halogens is 2. The highest BCUT2D eigenvalue weighted by Gasteiger charge is 2.11. The second-order valence-corrected chi connectivity index (χ2v) is 9.82. The zero-order chi connectivity index (χ0) is 24.0. The number of ether oxygens (including phenoxy) is 2. The summed E-state index contributed by atoms with van der Waals surface area (Å²) in [4.78, 5) is 0. The van der Waals surface area contributed by atoms with E-state index >= 15 is 0 Å². The summed E-state index contributed by atoms with van der Waals surface area (Å²) in [6, 6.07) is 36.6. The molecular formula is C30H23Br2NO2. The monoisotopic (exact) mass is 587 g/mol. The summed E-state index contributed by atoms with van der Waals surface area (Å²) in [6.45, 7) is 1.17. The summed E-state index contributed by atoms with van der Waals surface area (Å²) in [5.74, 6) is 2.43.